The van der Waals surface area contributed by atoms with Crippen LogP contribution in [0.4, 0.5) is 5.69 Å². The molecule has 118 valence electrons. The van der Waals surface area contributed by atoms with Crippen molar-refractivity contribution in [1.29, 1.82) is 0 Å². The zero-order valence-corrected chi connectivity index (χ0v) is 14.3. The molecule has 1 aromatic rings. The van der Waals surface area contributed by atoms with E-state index in [9.17, 15) is 4.79 Å². The first kappa shape index (κ1) is 18.0. The summed E-state index contributed by atoms with van der Waals surface area (Å²) in [6, 6.07) is 5.48. The molecule has 0 saturated carbocycles. The molecule has 0 bridgehead atoms. The van der Waals surface area contributed by atoms with Gasteiger partial charge in [-0.15, -0.1) is 0 Å². The Morgan fingerprint density at radius 1 is 1.33 bits per heavy atom. The first-order valence-electron chi connectivity index (χ1n) is 7.50. The largest absolute Gasteiger partial charge is 0.330 e. The molecule has 21 heavy (non-hydrogen) atoms. The van der Waals surface area contributed by atoms with Gasteiger partial charge in [-0.25, -0.2) is 0 Å². The van der Waals surface area contributed by atoms with Gasteiger partial charge in [-0.1, -0.05) is 32.4 Å². The average molecular weight is 311 g/mol. The van der Waals surface area contributed by atoms with Crippen LogP contribution in [0.25, 0.3) is 0 Å². The predicted molar refractivity (Wildman–Crippen MR) is 90.7 cm³/mol. The molecule has 0 aliphatic rings. The van der Waals surface area contributed by atoms with Crippen LogP contribution in [0.3, 0.4) is 0 Å². The summed E-state index contributed by atoms with van der Waals surface area (Å²) in [4.78, 5) is 12.1. The minimum absolute atomic E-state index is 0.0479. The molecule has 3 N–H and O–H groups in total. The third-order valence-electron chi connectivity index (χ3n) is 3.92. The fraction of sp³-hybridized carbons (Fsp3) is 0.588. The van der Waals surface area contributed by atoms with Crippen LogP contribution in [0.2, 0.25) is 5.02 Å². The molecule has 1 unspecified atom stereocenters. The minimum atomic E-state index is 0.0479. The molecule has 1 rings (SSSR count). The van der Waals surface area contributed by atoms with Gasteiger partial charge in [0.15, 0.2) is 0 Å². The van der Waals surface area contributed by atoms with Crippen molar-refractivity contribution in [1.82, 2.24) is 0 Å². The predicted octanol–water partition coefficient (Wildman–Crippen LogP) is 4.38. The number of anilines is 1. The van der Waals surface area contributed by atoms with Crippen LogP contribution >= 0.6 is 11.6 Å². The van der Waals surface area contributed by atoms with Crippen molar-refractivity contribution in [2.24, 2.45) is 17.1 Å². The Morgan fingerprint density at radius 3 is 2.52 bits per heavy atom. The molecule has 3 nitrogen and oxygen atoms in total. The van der Waals surface area contributed by atoms with Crippen LogP contribution in [0.15, 0.2) is 18.2 Å². The number of benzene rings is 1. The first-order chi connectivity index (χ1) is 9.74. The second-order valence-corrected chi connectivity index (χ2v) is 7.12. The van der Waals surface area contributed by atoms with E-state index in [1.807, 2.05) is 19.1 Å². The summed E-state index contributed by atoms with van der Waals surface area (Å²) in [5, 5.41) is 3.64. The van der Waals surface area contributed by atoms with Crippen molar-refractivity contribution in [2.75, 3.05) is 11.9 Å². The maximum Gasteiger partial charge on any atom is 0.224 e. The fourth-order valence-corrected chi connectivity index (χ4v) is 2.72. The number of aryl methyl sites for hydroxylation is 1. The number of nitrogens with two attached hydrogens (primary N) is 1. The van der Waals surface area contributed by atoms with E-state index < -0.39 is 0 Å². The minimum Gasteiger partial charge on any atom is -0.330 e. The summed E-state index contributed by atoms with van der Waals surface area (Å²) in [6.45, 7) is 9.21. The SMILES string of the molecule is Cc1cc(Cl)ccc1NC(=O)CCC(CCN)C(C)(C)C. The summed E-state index contributed by atoms with van der Waals surface area (Å²) in [5.41, 5.74) is 7.66. The van der Waals surface area contributed by atoms with Crippen molar-refractivity contribution in [2.45, 2.75) is 47.0 Å². The van der Waals surface area contributed by atoms with E-state index in [0.29, 0.717) is 23.9 Å². The van der Waals surface area contributed by atoms with Gasteiger partial charge >= 0.3 is 0 Å². The van der Waals surface area contributed by atoms with Gasteiger partial charge in [0.2, 0.25) is 5.91 Å². The lowest BCUT2D eigenvalue weighted by Crippen LogP contribution is -2.25. The number of rotatable bonds is 6. The number of hydrogen-bond donors (Lipinski definition) is 2. The fourth-order valence-electron chi connectivity index (χ4n) is 2.50. The average Bonchev–Trinajstić information content (AvgIpc) is 2.36. The molecule has 0 heterocycles. The zero-order valence-electron chi connectivity index (χ0n) is 13.5. The second kappa shape index (κ2) is 7.81. The first-order valence-corrected chi connectivity index (χ1v) is 7.88. The summed E-state index contributed by atoms with van der Waals surface area (Å²) in [7, 11) is 0. The molecule has 0 aliphatic heterocycles. The maximum absolute atomic E-state index is 12.1. The molecule has 1 atom stereocenters. The van der Waals surface area contributed by atoms with Gasteiger partial charge in [-0.05, 0) is 61.4 Å². The summed E-state index contributed by atoms with van der Waals surface area (Å²) in [6.07, 6.45) is 2.33. The Labute approximate surface area is 133 Å². The molecule has 0 aliphatic carbocycles. The van der Waals surface area contributed by atoms with Crippen molar-refractivity contribution in [3.8, 4) is 0 Å². The van der Waals surface area contributed by atoms with Gasteiger partial charge in [0, 0.05) is 17.1 Å². The van der Waals surface area contributed by atoms with E-state index >= 15 is 0 Å². The third kappa shape index (κ3) is 6.06. The molecular weight excluding hydrogens is 284 g/mol. The topological polar surface area (TPSA) is 55.1 Å². The molecule has 0 spiro atoms. The lowest BCUT2D eigenvalue weighted by molar-refractivity contribution is -0.116. The molecular formula is C17H27ClN2O. The van der Waals surface area contributed by atoms with Crippen molar-refractivity contribution in [3.05, 3.63) is 28.8 Å². The van der Waals surface area contributed by atoms with Crippen LogP contribution in [-0.2, 0) is 4.79 Å². The zero-order chi connectivity index (χ0) is 16.0. The monoisotopic (exact) mass is 310 g/mol. The highest BCUT2D eigenvalue weighted by atomic mass is 35.5. The molecule has 1 aromatic carbocycles. The van der Waals surface area contributed by atoms with Crippen LogP contribution in [0.5, 0.6) is 0 Å². The highest BCUT2D eigenvalue weighted by Gasteiger charge is 2.24. The lowest BCUT2D eigenvalue weighted by Gasteiger charge is -2.30. The van der Waals surface area contributed by atoms with Gasteiger partial charge in [0.25, 0.3) is 0 Å². The van der Waals surface area contributed by atoms with E-state index in [-0.39, 0.29) is 11.3 Å². The Balaban J connectivity index is 2.57. The quantitative estimate of drug-likeness (QED) is 0.819. The van der Waals surface area contributed by atoms with E-state index in [1.165, 1.54) is 0 Å². The van der Waals surface area contributed by atoms with Crippen molar-refractivity contribution < 1.29 is 4.79 Å². The van der Waals surface area contributed by atoms with Gasteiger partial charge in [-0.2, -0.15) is 0 Å². The van der Waals surface area contributed by atoms with E-state index in [0.717, 1.165) is 24.1 Å². The van der Waals surface area contributed by atoms with E-state index in [4.69, 9.17) is 17.3 Å². The summed E-state index contributed by atoms with van der Waals surface area (Å²) >= 11 is 5.92. The Bertz CT molecular complexity index is 480. The molecule has 0 aromatic heterocycles. The molecule has 0 radical (unpaired) electrons. The smallest absolute Gasteiger partial charge is 0.224 e. The normalized spacial score (nSPS) is 13.0. The van der Waals surface area contributed by atoms with Crippen molar-refractivity contribution in [3.63, 3.8) is 0 Å². The van der Waals surface area contributed by atoms with Crippen LogP contribution in [0, 0.1) is 18.3 Å². The number of carbonyl (C=O) groups excluding carboxylic acids is 1. The van der Waals surface area contributed by atoms with Gasteiger partial charge in [0.1, 0.15) is 0 Å². The standard InChI is InChI=1S/C17H27ClN2O/c1-12-11-14(18)6-7-15(12)20-16(21)8-5-13(9-10-19)17(2,3)4/h6-7,11,13H,5,8-10,19H2,1-4H3,(H,20,21). The Morgan fingerprint density at radius 2 is 2.00 bits per heavy atom. The van der Waals surface area contributed by atoms with E-state index in [1.54, 1.807) is 6.07 Å². The molecule has 1 amide bonds. The Kier molecular flexibility index (Phi) is 6.69. The summed E-state index contributed by atoms with van der Waals surface area (Å²) < 4.78 is 0. The molecule has 0 fully saturated rings. The highest BCUT2D eigenvalue weighted by Crippen LogP contribution is 2.32. The number of halogens is 1. The van der Waals surface area contributed by atoms with E-state index in [2.05, 4.69) is 26.1 Å². The number of carbonyl (C=O) groups is 1. The van der Waals surface area contributed by atoms with Crippen LogP contribution < -0.4 is 11.1 Å². The van der Waals surface area contributed by atoms with Crippen molar-refractivity contribution >= 4 is 23.2 Å². The molecule has 0 saturated heterocycles. The third-order valence-corrected chi connectivity index (χ3v) is 4.16. The van der Waals surface area contributed by atoms with Crippen LogP contribution in [-0.4, -0.2) is 12.5 Å². The second-order valence-electron chi connectivity index (χ2n) is 6.69. The summed E-state index contributed by atoms with van der Waals surface area (Å²) in [5.74, 6) is 0.506. The molecule has 4 heteroatoms. The maximum atomic E-state index is 12.1. The van der Waals surface area contributed by atoms with Gasteiger partial charge in [-0.3, -0.25) is 4.79 Å². The number of nitrogens with one attached hydrogen (secondary N) is 1. The number of hydrogen-bond acceptors (Lipinski definition) is 2. The van der Waals surface area contributed by atoms with Gasteiger partial charge in [0.05, 0.1) is 0 Å². The number of amides is 1. The van der Waals surface area contributed by atoms with Gasteiger partial charge < -0.3 is 11.1 Å². The van der Waals surface area contributed by atoms with Crippen LogP contribution in [0.1, 0.15) is 45.6 Å². The highest BCUT2D eigenvalue weighted by molar-refractivity contribution is 6.30. The Hall–Kier alpha value is -1.06. The lowest BCUT2D eigenvalue weighted by atomic mass is 9.76.